The SMILES string of the molecule is CC(C1CC1)N(C)C(=O)C(CN)CC(C)(C)C. The van der Waals surface area contributed by atoms with E-state index in [1.54, 1.807) is 0 Å². The lowest BCUT2D eigenvalue weighted by atomic mass is 9.84. The van der Waals surface area contributed by atoms with E-state index in [0.717, 1.165) is 12.3 Å². The summed E-state index contributed by atoms with van der Waals surface area (Å²) in [5.74, 6) is 0.917. The number of nitrogens with two attached hydrogens (primary N) is 1. The Morgan fingerprint density at radius 2 is 1.94 bits per heavy atom. The lowest BCUT2D eigenvalue weighted by Crippen LogP contribution is -2.43. The fraction of sp³-hybridized carbons (Fsp3) is 0.929. The van der Waals surface area contributed by atoms with Crippen molar-refractivity contribution in [2.75, 3.05) is 13.6 Å². The van der Waals surface area contributed by atoms with Gasteiger partial charge in [0.2, 0.25) is 5.91 Å². The molecule has 17 heavy (non-hydrogen) atoms. The Labute approximate surface area is 106 Å². The van der Waals surface area contributed by atoms with Crippen LogP contribution in [0.3, 0.4) is 0 Å². The zero-order valence-corrected chi connectivity index (χ0v) is 12.0. The number of amides is 1. The minimum absolute atomic E-state index is 0.0267. The van der Waals surface area contributed by atoms with Crippen LogP contribution in [0.1, 0.15) is 47.0 Å². The molecule has 2 atom stereocenters. The molecule has 3 heteroatoms. The van der Waals surface area contributed by atoms with Crippen LogP contribution in [-0.4, -0.2) is 30.4 Å². The van der Waals surface area contributed by atoms with Crippen molar-refractivity contribution in [3.05, 3.63) is 0 Å². The maximum absolute atomic E-state index is 12.4. The monoisotopic (exact) mass is 240 g/mol. The smallest absolute Gasteiger partial charge is 0.226 e. The third-order valence-electron chi connectivity index (χ3n) is 3.76. The lowest BCUT2D eigenvalue weighted by Gasteiger charge is -2.31. The van der Waals surface area contributed by atoms with E-state index in [0.29, 0.717) is 12.6 Å². The Bertz CT molecular complexity index is 266. The van der Waals surface area contributed by atoms with Crippen molar-refractivity contribution in [1.82, 2.24) is 4.90 Å². The third kappa shape index (κ3) is 4.30. The molecule has 0 saturated heterocycles. The van der Waals surface area contributed by atoms with E-state index in [4.69, 9.17) is 5.73 Å². The summed E-state index contributed by atoms with van der Waals surface area (Å²) in [5.41, 5.74) is 5.92. The first-order chi connectivity index (χ1) is 7.76. The predicted molar refractivity (Wildman–Crippen MR) is 71.6 cm³/mol. The van der Waals surface area contributed by atoms with Crippen molar-refractivity contribution in [2.45, 2.75) is 53.0 Å². The van der Waals surface area contributed by atoms with E-state index in [9.17, 15) is 4.79 Å². The standard InChI is InChI=1S/C14H28N2O/c1-10(11-6-7-11)16(5)13(17)12(9-15)8-14(2,3)4/h10-12H,6-9,15H2,1-5H3. The Balaban J connectivity index is 2.58. The van der Waals surface area contributed by atoms with Gasteiger partial charge in [-0.1, -0.05) is 20.8 Å². The summed E-state index contributed by atoms with van der Waals surface area (Å²) in [7, 11) is 1.93. The highest BCUT2D eigenvalue weighted by Gasteiger charge is 2.35. The van der Waals surface area contributed by atoms with Crippen molar-refractivity contribution in [2.24, 2.45) is 23.0 Å². The van der Waals surface area contributed by atoms with Crippen LogP contribution in [0.25, 0.3) is 0 Å². The fourth-order valence-electron chi connectivity index (χ4n) is 2.39. The van der Waals surface area contributed by atoms with Gasteiger partial charge in [-0.25, -0.2) is 0 Å². The van der Waals surface area contributed by atoms with Crippen LogP contribution in [0, 0.1) is 17.3 Å². The molecule has 0 aliphatic heterocycles. The average molecular weight is 240 g/mol. The fourth-order valence-corrected chi connectivity index (χ4v) is 2.39. The first-order valence-electron chi connectivity index (χ1n) is 6.73. The predicted octanol–water partition coefficient (Wildman–Crippen LogP) is 2.25. The summed E-state index contributed by atoms with van der Waals surface area (Å²) in [6.45, 7) is 9.09. The second kappa shape index (κ2) is 5.38. The Morgan fingerprint density at radius 1 is 1.41 bits per heavy atom. The number of nitrogens with zero attached hydrogens (tertiary/aromatic N) is 1. The maximum atomic E-state index is 12.4. The van der Waals surface area contributed by atoms with Crippen LogP contribution in [0.15, 0.2) is 0 Å². The van der Waals surface area contributed by atoms with Crippen LogP contribution in [-0.2, 0) is 4.79 Å². The zero-order chi connectivity index (χ0) is 13.2. The number of hydrogen-bond donors (Lipinski definition) is 1. The highest BCUT2D eigenvalue weighted by Crippen LogP contribution is 2.35. The van der Waals surface area contributed by atoms with Gasteiger partial charge in [-0.3, -0.25) is 4.79 Å². The largest absolute Gasteiger partial charge is 0.342 e. The summed E-state index contributed by atoms with van der Waals surface area (Å²) in [4.78, 5) is 14.3. The van der Waals surface area contributed by atoms with Crippen molar-refractivity contribution in [3.63, 3.8) is 0 Å². The molecule has 0 bridgehead atoms. The Kier molecular flexibility index (Phi) is 4.59. The van der Waals surface area contributed by atoms with E-state index in [-0.39, 0.29) is 17.2 Å². The van der Waals surface area contributed by atoms with Crippen LogP contribution in [0.5, 0.6) is 0 Å². The van der Waals surface area contributed by atoms with Crippen LogP contribution >= 0.6 is 0 Å². The summed E-state index contributed by atoms with van der Waals surface area (Å²) in [6, 6.07) is 0.372. The first-order valence-corrected chi connectivity index (χ1v) is 6.73. The first kappa shape index (κ1) is 14.5. The summed E-state index contributed by atoms with van der Waals surface area (Å²) in [5, 5.41) is 0. The Morgan fingerprint density at radius 3 is 2.29 bits per heavy atom. The van der Waals surface area contributed by atoms with Gasteiger partial charge in [0.25, 0.3) is 0 Å². The normalized spacial score (nSPS) is 19.9. The number of carbonyl (C=O) groups excluding carboxylic acids is 1. The molecule has 1 amide bonds. The maximum Gasteiger partial charge on any atom is 0.226 e. The van der Waals surface area contributed by atoms with Crippen molar-refractivity contribution < 1.29 is 4.79 Å². The van der Waals surface area contributed by atoms with Gasteiger partial charge in [-0.2, -0.15) is 0 Å². The van der Waals surface area contributed by atoms with Gasteiger partial charge in [0.05, 0.1) is 5.92 Å². The minimum atomic E-state index is -0.0267. The molecule has 1 saturated carbocycles. The van der Waals surface area contributed by atoms with Crippen molar-refractivity contribution >= 4 is 5.91 Å². The third-order valence-corrected chi connectivity index (χ3v) is 3.76. The van der Waals surface area contributed by atoms with E-state index in [1.165, 1.54) is 12.8 Å². The van der Waals surface area contributed by atoms with E-state index >= 15 is 0 Å². The topological polar surface area (TPSA) is 46.3 Å². The highest BCUT2D eigenvalue weighted by molar-refractivity contribution is 5.79. The summed E-state index contributed by atoms with van der Waals surface area (Å²) >= 11 is 0. The molecule has 0 radical (unpaired) electrons. The molecule has 0 heterocycles. The molecule has 2 N–H and O–H groups in total. The van der Waals surface area contributed by atoms with Crippen molar-refractivity contribution in [1.29, 1.82) is 0 Å². The molecule has 0 aromatic heterocycles. The van der Waals surface area contributed by atoms with Gasteiger partial charge in [-0.05, 0) is 37.5 Å². The molecule has 0 aromatic rings. The van der Waals surface area contributed by atoms with E-state index in [2.05, 4.69) is 27.7 Å². The average Bonchev–Trinajstić information content (AvgIpc) is 3.05. The van der Waals surface area contributed by atoms with E-state index in [1.807, 2.05) is 11.9 Å². The van der Waals surface area contributed by atoms with Crippen molar-refractivity contribution in [3.8, 4) is 0 Å². The quantitative estimate of drug-likeness (QED) is 0.801. The molecule has 2 unspecified atom stereocenters. The van der Waals surface area contributed by atoms with Crippen LogP contribution < -0.4 is 5.73 Å². The number of hydrogen-bond acceptors (Lipinski definition) is 2. The zero-order valence-electron chi connectivity index (χ0n) is 12.0. The van der Waals surface area contributed by atoms with Crippen LogP contribution in [0.2, 0.25) is 0 Å². The van der Waals surface area contributed by atoms with Gasteiger partial charge in [0.1, 0.15) is 0 Å². The van der Waals surface area contributed by atoms with Gasteiger partial charge in [0.15, 0.2) is 0 Å². The minimum Gasteiger partial charge on any atom is -0.342 e. The number of carbonyl (C=O) groups is 1. The highest BCUT2D eigenvalue weighted by atomic mass is 16.2. The molecule has 0 aromatic carbocycles. The van der Waals surface area contributed by atoms with Gasteiger partial charge in [0, 0.05) is 19.6 Å². The molecular formula is C14H28N2O. The second-order valence-electron chi connectivity index (χ2n) is 6.72. The number of rotatable bonds is 5. The molecule has 100 valence electrons. The molecular weight excluding hydrogens is 212 g/mol. The summed E-state index contributed by atoms with van der Waals surface area (Å²) < 4.78 is 0. The van der Waals surface area contributed by atoms with Gasteiger partial charge >= 0.3 is 0 Å². The molecule has 1 rings (SSSR count). The van der Waals surface area contributed by atoms with Gasteiger partial charge in [-0.15, -0.1) is 0 Å². The molecule has 1 aliphatic carbocycles. The molecule has 1 fully saturated rings. The molecule has 1 aliphatic rings. The molecule has 3 nitrogen and oxygen atoms in total. The Hall–Kier alpha value is -0.570. The second-order valence-corrected chi connectivity index (χ2v) is 6.72. The lowest BCUT2D eigenvalue weighted by molar-refractivity contribution is -0.137. The molecule has 0 spiro atoms. The summed E-state index contributed by atoms with van der Waals surface area (Å²) in [6.07, 6.45) is 3.40. The van der Waals surface area contributed by atoms with Crippen LogP contribution in [0.4, 0.5) is 0 Å². The van der Waals surface area contributed by atoms with Gasteiger partial charge < -0.3 is 10.6 Å². The van der Waals surface area contributed by atoms with E-state index < -0.39 is 0 Å².